The summed E-state index contributed by atoms with van der Waals surface area (Å²) < 4.78 is 6.71. The molecular weight excluding hydrogens is 456 g/mol. The number of benzene rings is 2. The minimum Gasteiger partial charge on any atom is -0.452 e. The lowest BCUT2D eigenvalue weighted by molar-refractivity contribution is -0.383. The van der Waals surface area contributed by atoms with E-state index < -0.39 is 23.4 Å². The molecule has 2 heterocycles. The van der Waals surface area contributed by atoms with Crippen LogP contribution in [-0.2, 0) is 14.3 Å². The van der Waals surface area contributed by atoms with E-state index in [9.17, 15) is 19.7 Å². The van der Waals surface area contributed by atoms with Gasteiger partial charge in [-0.15, -0.1) is 11.3 Å². The molecule has 170 valence electrons. The van der Waals surface area contributed by atoms with Gasteiger partial charge in [-0.25, -0.2) is 9.48 Å². The molecular formula is C24H18N4O5S. The minimum absolute atomic E-state index is 0.0259. The fourth-order valence-electron chi connectivity index (χ4n) is 3.09. The Morgan fingerprint density at radius 1 is 1.09 bits per heavy atom. The van der Waals surface area contributed by atoms with Gasteiger partial charge in [-0.1, -0.05) is 36.4 Å². The van der Waals surface area contributed by atoms with Crippen LogP contribution < -0.4 is 5.32 Å². The third-order valence-corrected chi connectivity index (χ3v) is 5.51. The average molecular weight is 474 g/mol. The number of amides is 1. The summed E-state index contributed by atoms with van der Waals surface area (Å²) >= 11 is 1.52. The molecule has 0 fully saturated rings. The Kier molecular flexibility index (Phi) is 6.89. The molecule has 1 amide bonds. The second-order valence-corrected chi connectivity index (χ2v) is 7.90. The highest BCUT2D eigenvalue weighted by Crippen LogP contribution is 2.28. The molecule has 2 aromatic heterocycles. The van der Waals surface area contributed by atoms with Crippen molar-refractivity contribution in [1.82, 2.24) is 9.78 Å². The molecule has 9 nitrogen and oxygen atoms in total. The number of hydrogen-bond donors (Lipinski definition) is 1. The van der Waals surface area contributed by atoms with Crippen LogP contribution in [-0.4, -0.2) is 33.2 Å². The Morgan fingerprint density at radius 2 is 1.85 bits per heavy atom. The zero-order valence-electron chi connectivity index (χ0n) is 17.7. The Morgan fingerprint density at radius 3 is 2.59 bits per heavy atom. The summed E-state index contributed by atoms with van der Waals surface area (Å²) in [4.78, 5) is 35.7. The number of aromatic nitrogens is 2. The Bertz CT molecular complexity index is 1350. The summed E-state index contributed by atoms with van der Waals surface area (Å²) in [6.07, 6.45) is 4.58. The van der Waals surface area contributed by atoms with Gasteiger partial charge >= 0.3 is 5.97 Å². The predicted octanol–water partition coefficient (Wildman–Crippen LogP) is 4.70. The summed E-state index contributed by atoms with van der Waals surface area (Å²) in [6, 6.07) is 19.1. The molecule has 34 heavy (non-hydrogen) atoms. The molecule has 2 aromatic carbocycles. The number of para-hydroxylation sites is 3. The Hall–Kier alpha value is -4.57. The molecule has 4 rings (SSSR count). The molecule has 0 saturated carbocycles. The van der Waals surface area contributed by atoms with E-state index in [1.807, 2.05) is 47.8 Å². The highest BCUT2D eigenvalue weighted by Gasteiger charge is 2.16. The van der Waals surface area contributed by atoms with Crippen LogP contribution in [0, 0.1) is 10.1 Å². The van der Waals surface area contributed by atoms with Gasteiger partial charge < -0.3 is 10.1 Å². The number of hydrogen-bond acceptors (Lipinski definition) is 7. The van der Waals surface area contributed by atoms with E-state index in [0.717, 1.165) is 10.6 Å². The monoisotopic (exact) mass is 474 g/mol. The highest BCUT2D eigenvalue weighted by molar-refractivity contribution is 7.13. The summed E-state index contributed by atoms with van der Waals surface area (Å²) in [5.41, 5.74) is 2.05. The standard InChI is InChI=1S/C24H18N4O5S/c29-22(25-19-9-4-5-10-20(19)28(31)32)16-33-23(30)13-12-17-15-27(18-7-2-1-3-8-18)26-24(17)21-11-6-14-34-21/h1-15H,16H2,(H,25,29). The van der Waals surface area contributed by atoms with Gasteiger partial charge in [0, 0.05) is 23.9 Å². The van der Waals surface area contributed by atoms with Crippen LogP contribution in [0.2, 0.25) is 0 Å². The number of esters is 1. The van der Waals surface area contributed by atoms with Gasteiger partial charge in [0.1, 0.15) is 11.4 Å². The van der Waals surface area contributed by atoms with Crippen LogP contribution in [0.3, 0.4) is 0 Å². The number of ether oxygens (including phenoxy) is 1. The molecule has 0 aliphatic heterocycles. The maximum Gasteiger partial charge on any atom is 0.331 e. The first kappa shape index (κ1) is 22.6. The highest BCUT2D eigenvalue weighted by atomic mass is 32.1. The van der Waals surface area contributed by atoms with Gasteiger partial charge in [-0.2, -0.15) is 5.10 Å². The van der Waals surface area contributed by atoms with E-state index in [0.29, 0.717) is 11.3 Å². The van der Waals surface area contributed by atoms with Crippen LogP contribution in [0.25, 0.3) is 22.3 Å². The molecule has 0 bridgehead atoms. The number of nitro groups is 1. The van der Waals surface area contributed by atoms with Gasteiger partial charge in [0.25, 0.3) is 11.6 Å². The third-order valence-electron chi connectivity index (χ3n) is 4.64. The topological polar surface area (TPSA) is 116 Å². The molecule has 0 unspecified atom stereocenters. The van der Waals surface area contributed by atoms with E-state index in [1.165, 1.54) is 35.6 Å². The largest absolute Gasteiger partial charge is 0.452 e. The summed E-state index contributed by atoms with van der Waals surface area (Å²) in [5.74, 6) is -1.42. The lowest BCUT2D eigenvalue weighted by Crippen LogP contribution is -2.20. The van der Waals surface area contributed by atoms with Crippen molar-refractivity contribution in [1.29, 1.82) is 0 Å². The van der Waals surface area contributed by atoms with Gasteiger partial charge in [-0.3, -0.25) is 14.9 Å². The number of thiophene rings is 1. The fraction of sp³-hybridized carbons (Fsp3) is 0.0417. The van der Waals surface area contributed by atoms with E-state index >= 15 is 0 Å². The van der Waals surface area contributed by atoms with E-state index in [1.54, 1.807) is 23.0 Å². The van der Waals surface area contributed by atoms with Gasteiger partial charge in [0.2, 0.25) is 0 Å². The number of nitrogens with one attached hydrogen (secondary N) is 1. The average Bonchev–Trinajstić information content (AvgIpc) is 3.52. The van der Waals surface area contributed by atoms with Crippen molar-refractivity contribution < 1.29 is 19.2 Å². The molecule has 0 saturated heterocycles. The SMILES string of the molecule is O=C(COC(=O)C=Cc1cn(-c2ccccc2)nc1-c1cccs1)Nc1ccccc1[N+](=O)[O-]. The van der Waals surface area contributed by atoms with E-state index in [-0.39, 0.29) is 11.4 Å². The maximum absolute atomic E-state index is 12.2. The van der Waals surface area contributed by atoms with E-state index in [4.69, 9.17) is 4.74 Å². The number of carbonyl (C=O) groups excluding carboxylic acids is 2. The molecule has 0 aliphatic carbocycles. The lowest BCUT2D eigenvalue weighted by Gasteiger charge is -2.05. The van der Waals surface area contributed by atoms with Gasteiger partial charge in [0.05, 0.1) is 15.5 Å². The molecule has 0 radical (unpaired) electrons. The molecule has 1 N–H and O–H groups in total. The number of rotatable bonds is 8. The third kappa shape index (κ3) is 5.43. The van der Waals surface area contributed by atoms with Crippen LogP contribution in [0.15, 0.2) is 84.4 Å². The fourth-order valence-corrected chi connectivity index (χ4v) is 3.83. The van der Waals surface area contributed by atoms with Crippen molar-refractivity contribution in [3.63, 3.8) is 0 Å². The van der Waals surface area contributed by atoms with E-state index in [2.05, 4.69) is 10.4 Å². The zero-order chi connectivity index (χ0) is 23.9. The first-order valence-electron chi connectivity index (χ1n) is 10.1. The number of anilines is 1. The molecule has 0 aliphatic rings. The number of nitro benzene ring substituents is 1. The summed E-state index contributed by atoms with van der Waals surface area (Å²) in [5, 5.41) is 20.0. The summed E-state index contributed by atoms with van der Waals surface area (Å²) in [7, 11) is 0. The second-order valence-electron chi connectivity index (χ2n) is 6.95. The normalized spacial score (nSPS) is 10.8. The molecule has 0 atom stereocenters. The van der Waals surface area contributed by atoms with Gasteiger partial charge in [-0.05, 0) is 35.7 Å². The quantitative estimate of drug-likeness (QED) is 0.171. The Balaban J connectivity index is 1.43. The second kappa shape index (κ2) is 10.4. The number of carbonyl (C=O) groups is 2. The van der Waals surface area contributed by atoms with Crippen LogP contribution in [0.1, 0.15) is 5.56 Å². The van der Waals surface area contributed by atoms with Crippen LogP contribution in [0.5, 0.6) is 0 Å². The van der Waals surface area contributed by atoms with Gasteiger partial charge in [0.15, 0.2) is 6.61 Å². The van der Waals surface area contributed by atoms with Crippen LogP contribution >= 0.6 is 11.3 Å². The smallest absolute Gasteiger partial charge is 0.331 e. The zero-order valence-corrected chi connectivity index (χ0v) is 18.5. The van der Waals surface area contributed by atoms with Crippen molar-refractivity contribution in [2.75, 3.05) is 11.9 Å². The molecule has 10 heteroatoms. The van der Waals surface area contributed by atoms with Crippen molar-refractivity contribution in [2.45, 2.75) is 0 Å². The van der Waals surface area contributed by atoms with Crippen LogP contribution in [0.4, 0.5) is 11.4 Å². The molecule has 0 spiro atoms. The lowest BCUT2D eigenvalue weighted by atomic mass is 10.2. The summed E-state index contributed by atoms with van der Waals surface area (Å²) in [6.45, 7) is -0.587. The van der Waals surface area contributed by atoms with Crippen molar-refractivity contribution in [3.8, 4) is 16.3 Å². The van der Waals surface area contributed by atoms with Crippen molar-refractivity contribution >= 4 is 40.7 Å². The predicted molar refractivity (Wildman–Crippen MR) is 129 cm³/mol. The minimum atomic E-state index is -0.734. The van der Waals surface area contributed by atoms with Crippen molar-refractivity contribution in [2.24, 2.45) is 0 Å². The van der Waals surface area contributed by atoms with Crippen molar-refractivity contribution in [3.05, 3.63) is 100 Å². The number of nitrogens with zero attached hydrogens (tertiary/aromatic N) is 3. The maximum atomic E-state index is 12.2. The molecule has 4 aromatic rings. The Labute approximate surface area is 198 Å². The first-order valence-corrected chi connectivity index (χ1v) is 11.0. The first-order chi connectivity index (χ1) is 16.5.